The molecule has 0 saturated heterocycles. The number of nitrogens with zero attached hydrogens (tertiary/aromatic N) is 2. The van der Waals surface area contributed by atoms with E-state index in [1.54, 1.807) is 23.0 Å². The standard InChI is InChI=1S/C28H32FN3O3S/c1-3-4-5-9-18-36(33,34)31-21(2)28(22-10-7-6-8-11-22)35-26-16-17-27-23(19-26)20-30-32(27)25-14-12-24(29)13-15-25/h6-8,10-17,19-21,28,31H,3-5,9,18H2,1-2H3. The molecule has 0 spiro atoms. The van der Waals surface area contributed by atoms with Crippen LogP contribution in [0.25, 0.3) is 16.6 Å². The highest BCUT2D eigenvalue weighted by Crippen LogP contribution is 2.29. The molecule has 0 amide bonds. The minimum Gasteiger partial charge on any atom is -0.484 e. The minimum atomic E-state index is -3.44. The summed E-state index contributed by atoms with van der Waals surface area (Å²) in [6, 6.07) is 20.9. The second kappa shape index (κ2) is 11.7. The van der Waals surface area contributed by atoms with E-state index in [-0.39, 0.29) is 11.6 Å². The van der Waals surface area contributed by atoms with E-state index < -0.39 is 22.2 Å². The third-order valence-electron chi connectivity index (χ3n) is 6.09. The summed E-state index contributed by atoms with van der Waals surface area (Å²) in [7, 11) is -3.44. The Morgan fingerprint density at radius 1 is 1.00 bits per heavy atom. The van der Waals surface area contributed by atoms with E-state index in [0.717, 1.165) is 41.4 Å². The second-order valence-electron chi connectivity index (χ2n) is 8.99. The van der Waals surface area contributed by atoms with Crippen LogP contribution in [0.15, 0.2) is 79.0 Å². The smallest absolute Gasteiger partial charge is 0.211 e. The van der Waals surface area contributed by atoms with Gasteiger partial charge in [0, 0.05) is 5.39 Å². The normalized spacial score (nSPS) is 13.5. The van der Waals surface area contributed by atoms with Crippen LogP contribution < -0.4 is 9.46 Å². The van der Waals surface area contributed by atoms with Gasteiger partial charge in [-0.1, -0.05) is 56.5 Å². The average Bonchev–Trinajstić information content (AvgIpc) is 3.29. The Bertz CT molecular complexity index is 1370. The van der Waals surface area contributed by atoms with Gasteiger partial charge in [-0.2, -0.15) is 5.10 Å². The van der Waals surface area contributed by atoms with Gasteiger partial charge in [0.1, 0.15) is 17.7 Å². The Morgan fingerprint density at radius 2 is 1.75 bits per heavy atom. The maximum Gasteiger partial charge on any atom is 0.211 e. The molecule has 1 heterocycles. The van der Waals surface area contributed by atoms with Crippen molar-refractivity contribution in [3.8, 4) is 11.4 Å². The van der Waals surface area contributed by atoms with E-state index in [9.17, 15) is 12.8 Å². The van der Waals surface area contributed by atoms with Gasteiger partial charge in [0.25, 0.3) is 0 Å². The number of unbranched alkanes of at least 4 members (excludes halogenated alkanes) is 3. The highest BCUT2D eigenvalue weighted by molar-refractivity contribution is 7.89. The van der Waals surface area contributed by atoms with Gasteiger partial charge in [0.2, 0.25) is 10.0 Å². The Labute approximate surface area is 212 Å². The SMILES string of the molecule is CCCCCCS(=O)(=O)NC(C)C(Oc1ccc2c(cnn2-c2ccc(F)cc2)c1)c1ccccc1. The van der Waals surface area contributed by atoms with Gasteiger partial charge >= 0.3 is 0 Å². The lowest BCUT2D eigenvalue weighted by molar-refractivity contribution is 0.173. The number of hydrogen-bond donors (Lipinski definition) is 1. The number of sulfonamides is 1. The van der Waals surface area contributed by atoms with Crippen molar-refractivity contribution < 1.29 is 17.5 Å². The minimum absolute atomic E-state index is 0.105. The number of aromatic nitrogens is 2. The molecule has 0 fully saturated rings. The van der Waals surface area contributed by atoms with Gasteiger partial charge in [0.05, 0.1) is 29.2 Å². The van der Waals surface area contributed by atoms with Crippen LogP contribution in [0.2, 0.25) is 0 Å². The summed E-state index contributed by atoms with van der Waals surface area (Å²) in [6.45, 7) is 3.92. The van der Waals surface area contributed by atoms with Crippen molar-refractivity contribution >= 4 is 20.9 Å². The Kier molecular flexibility index (Phi) is 8.38. The van der Waals surface area contributed by atoms with Gasteiger partial charge in [-0.3, -0.25) is 0 Å². The first-order valence-electron chi connectivity index (χ1n) is 12.3. The highest BCUT2D eigenvalue weighted by Gasteiger charge is 2.26. The van der Waals surface area contributed by atoms with Crippen LogP contribution in [0, 0.1) is 5.82 Å². The molecule has 2 atom stereocenters. The largest absolute Gasteiger partial charge is 0.484 e. The lowest BCUT2D eigenvalue weighted by atomic mass is 10.0. The first kappa shape index (κ1) is 25.9. The molecule has 0 radical (unpaired) electrons. The van der Waals surface area contributed by atoms with Crippen molar-refractivity contribution in [2.45, 2.75) is 51.7 Å². The average molecular weight is 510 g/mol. The second-order valence-corrected chi connectivity index (χ2v) is 10.9. The van der Waals surface area contributed by atoms with E-state index in [4.69, 9.17) is 4.74 Å². The van der Waals surface area contributed by atoms with Crippen molar-refractivity contribution in [3.05, 3.63) is 90.4 Å². The Morgan fingerprint density at radius 3 is 2.47 bits per heavy atom. The molecule has 1 N–H and O–H groups in total. The molecule has 6 nitrogen and oxygen atoms in total. The van der Waals surface area contributed by atoms with E-state index >= 15 is 0 Å². The molecule has 0 aliphatic heterocycles. The van der Waals surface area contributed by atoms with Gasteiger partial charge in [-0.25, -0.2) is 22.2 Å². The topological polar surface area (TPSA) is 73.2 Å². The zero-order valence-electron chi connectivity index (χ0n) is 20.6. The lowest BCUT2D eigenvalue weighted by Crippen LogP contribution is -2.40. The molecule has 0 saturated carbocycles. The molecule has 1 aromatic heterocycles. The van der Waals surface area contributed by atoms with Gasteiger partial charge in [0.15, 0.2) is 0 Å². The number of benzene rings is 3. The van der Waals surface area contributed by atoms with Crippen LogP contribution in [0.1, 0.15) is 51.2 Å². The number of rotatable bonds is 12. The van der Waals surface area contributed by atoms with Crippen molar-refractivity contribution in [3.63, 3.8) is 0 Å². The first-order chi connectivity index (χ1) is 17.4. The summed E-state index contributed by atoms with van der Waals surface area (Å²) in [5.74, 6) is 0.403. The van der Waals surface area contributed by atoms with E-state index in [2.05, 4.69) is 16.7 Å². The van der Waals surface area contributed by atoms with Crippen molar-refractivity contribution in [1.82, 2.24) is 14.5 Å². The summed E-state index contributed by atoms with van der Waals surface area (Å²) in [6.07, 6.45) is 4.83. The zero-order valence-corrected chi connectivity index (χ0v) is 21.4. The first-order valence-corrected chi connectivity index (χ1v) is 14.0. The van der Waals surface area contributed by atoms with Crippen LogP contribution in [0.5, 0.6) is 5.75 Å². The number of halogens is 1. The lowest BCUT2D eigenvalue weighted by Gasteiger charge is -2.26. The summed E-state index contributed by atoms with van der Waals surface area (Å²) in [5, 5.41) is 5.30. The predicted molar refractivity (Wildman–Crippen MR) is 141 cm³/mol. The van der Waals surface area contributed by atoms with E-state index in [1.165, 1.54) is 12.1 Å². The molecule has 190 valence electrons. The molecule has 8 heteroatoms. The summed E-state index contributed by atoms with van der Waals surface area (Å²) in [5.41, 5.74) is 2.48. The predicted octanol–water partition coefficient (Wildman–Crippen LogP) is 6.17. The van der Waals surface area contributed by atoms with Gasteiger partial charge < -0.3 is 4.74 Å². The number of fused-ring (bicyclic) bond motifs is 1. The highest BCUT2D eigenvalue weighted by atomic mass is 32.2. The maximum absolute atomic E-state index is 13.3. The fourth-order valence-electron chi connectivity index (χ4n) is 4.24. The third kappa shape index (κ3) is 6.50. The summed E-state index contributed by atoms with van der Waals surface area (Å²) < 4.78 is 49.7. The fraction of sp³-hybridized carbons (Fsp3) is 0.321. The van der Waals surface area contributed by atoms with Gasteiger partial charge in [-0.05, 0) is 61.4 Å². The van der Waals surface area contributed by atoms with Gasteiger partial charge in [-0.15, -0.1) is 0 Å². The molecule has 2 unspecified atom stereocenters. The van der Waals surface area contributed by atoms with E-state index in [0.29, 0.717) is 12.2 Å². The number of ether oxygens (including phenoxy) is 1. The molecule has 0 aliphatic carbocycles. The Balaban J connectivity index is 1.55. The number of nitrogens with one attached hydrogen (secondary N) is 1. The summed E-state index contributed by atoms with van der Waals surface area (Å²) >= 11 is 0. The molecule has 4 aromatic rings. The quantitative estimate of drug-likeness (QED) is 0.232. The molecule has 4 rings (SSSR count). The molecular formula is C28H32FN3O3S. The van der Waals surface area contributed by atoms with Crippen LogP contribution in [0.3, 0.4) is 0 Å². The molecule has 0 bridgehead atoms. The number of hydrogen-bond acceptors (Lipinski definition) is 4. The van der Waals surface area contributed by atoms with Crippen LogP contribution in [0.4, 0.5) is 4.39 Å². The van der Waals surface area contributed by atoms with Crippen LogP contribution in [-0.4, -0.2) is 30.0 Å². The zero-order chi connectivity index (χ0) is 25.5. The van der Waals surface area contributed by atoms with Crippen molar-refractivity contribution in [1.29, 1.82) is 0 Å². The molecular weight excluding hydrogens is 477 g/mol. The summed E-state index contributed by atoms with van der Waals surface area (Å²) in [4.78, 5) is 0. The van der Waals surface area contributed by atoms with Crippen LogP contribution >= 0.6 is 0 Å². The monoisotopic (exact) mass is 509 g/mol. The van der Waals surface area contributed by atoms with Crippen molar-refractivity contribution in [2.24, 2.45) is 0 Å². The van der Waals surface area contributed by atoms with E-state index in [1.807, 2.05) is 55.5 Å². The maximum atomic E-state index is 13.3. The van der Waals surface area contributed by atoms with Crippen LogP contribution in [-0.2, 0) is 10.0 Å². The molecule has 0 aliphatic rings. The van der Waals surface area contributed by atoms with Crippen molar-refractivity contribution in [2.75, 3.05) is 5.75 Å². The third-order valence-corrected chi connectivity index (χ3v) is 7.65. The molecule has 3 aromatic carbocycles. The molecule has 36 heavy (non-hydrogen) atoms. The Hall–Kier alpha value is -3.23. The fourth-order valence-corrected chi connectivity index (χ4v) is 5.64.